The molecule has 2 N–H and O–H groups in total. The van der Waals surface area contributed by atoms with Gasteiger partial charge in [-0.15, -0.1) is 0 Å². The van der Waals surface area contributed by atoms with Crippen LogP contribution in [-0.4, -0.2) is 50.7 Å². The molecule has 0 radical (unpaired) electrons. The second kappa shape index (κ2) is 13.8. The molecular weight excluding hydrogens is 542 g/mol. The zero-order valence-corrected chi connectivity index (χ0v) is 23.5. The lowest BCUT2D eigenvalue weighted by molar-refractivity contribution is -0.122. The molecule has 0 spiro atoms. The van der Waals surface area contributed by atoms with Gasteiger partial charge in [-0.05, 0) is 61.4 Å². The molecular formula is C31H31N3O8. The lowest BCUT2D eigenvalue weighted by Gasteiger charge is -2.27. The zero-order valence-electron chi connectivity index (χ0n) is 23.5. The molecule has 0 bridgehead atoms. The molecule has 1 fully saturated rings. The molecule has 218 valence electrons. The topological polar surface area (TPSA) is 132 Å². The van der Waals surface area contributed by atoms with Crippen molar-refractivity contribution >= 4 is 41.2 Å². The Hall–Kier alpha value is -5.32. The Morgan fingerprint density at radius 3 is 2.38 bits per heavy atom. The number of urea groups is 1. The van der Waals surface area contributed by atoms with Crippen LogP contribution in [0.25, 0.3) is 6.08 Å². The molecule has 11 heteroatoms. The van der Waals surface area contributed by atoms with Gasteiger partial charge in [-0.2, -0.15) is 0 Å². The average molecular weight is 574 g/mol. The minimum absolute atomic E-state index is 0.221. The van der Waals surface area contributed by atoms with E-state index in [1.165, 1.54) is 19.3 Å². The third-order valence-electron chi connectivity index (χ3n) is 5.99. The summed E-state index contributed by atoms with van der Waals surface area (Å²) in [6.45, 7) is 4.36. The number of carbonyl (C=O) groups is 4. The maximum Gasteiger partial charge on any atom is 0.335 e. The molecule has 1 aliphatic heterocycles. The van der Waals surface area contributed by atoms with Crippen LogP contribution in [-0.2, 0) is 14.4 Å². The van der Waals surface area contributed by atoms with Crippen molar-refractivity contribution in [2.75, 3.05) is 37.1 Å². The molecule has 0 aliphatic carbocycles. The van der Waals surface area contributed by atoms with E-state index in [0.29, 0.717) is 47.5 Å². The summed E-state index contributed by atoms with van der Waals surface area (Å²) in [7, 11) is 1.51. The van der Waals surface area contributed by atoms with Gasteiger partial charge in [-0.3, -0.25) is 19.7 Å². The number of benzene rings is 3. The van der Waals surface area contributed by atoms with Crippen molar-refractivity contribution in [2.45, 2.75) is 20.3 Å². The molecule has 42 heavy (non-hydrogen) atoms. The maximum atomic E-state index is 13.3. The van der Waals surface area contributed by atoms with E-state index in [-0.39, 0.29) is 23.8 Å². The average Bonchev–Trinajstić information content (AvgIpc) is 2.98. The summed E-state index contributed by atoms with van der Waals surface area (Å²) in [5, 5.41) is 4.93. The first kappa shape index (κ1) is 29.7. The fourth-order valence-corrected chi connectivity index (χ4v) is 4.04. The van der Waals surface area contributed by atoms with E-state index >= 15 is 0 Å². The molecule has 0 unspecified atom stereocenters. The monoisotopic (exact) mass is 573 g/mol. The highest BCUT2D eigenvalue weighted by Crippen LogP contribution is 2.34. The standard InChI is InChI=1S/C31H31N3O8/c1-4-16-41-26-15-12-21(18-27(26)40-5-2)34-30(37)23(29(36)33-31(34)38)17-20-10-13-22(14-11-20)42-19-28(35)32-24-8-6-7-9-25(24)39-3/h6-15,17-18H,4-5,16,19H2,1-3H3,(H,32,35)(H,33,36,38)/b23-17+. The van der Waals surface area contributed by atoms with Crippen LogP contribution in [0, 0.1) is 0 Å². The minimum atomic E-state index is -0.873. The number of carbonyl (C=O) groups excluding carboxylic acids is 4. The van der Waals surface area contributed by atoms with Gasteiger partial charge in [-0.25, -0.2) is 9.69 Å². The van der Waals surface area contributed by atoms with Crippen molar-refractivity contribution in [2.24, 2.45) is 0 Å². The summed E-state index contributed by atoms with van der Waals surface area (Å²) in [6, 6.07) is 17.3. The molecule has 4 rings (SSSR count). The van der Waals surface area contributed by atoms with Crippen molar-refractivity contribution in [3.63, 3.8) is 0 Å². The van der Waals surface area contributed by atoms with Crippen LogP contribution in [0.3, 0.4) is 0 Å². The fourth-order valence-electron chi connectivity index (χ4n) is 4.04. The molecule has 0 aromatic heterocycles. The van der Waals surface area contributed by atoms with Crippen LogP contribution >= 0.6 is 0 Å². The van der Waals surface area contributed by atoms with E-state index in [0.717, 1.165) is 11.3 Å². The van der Waals surface area contributed by atoms with Crippen LogP contribution in [0.2, 0.25) is 0 Å². The summed E-state index contributed by atoms with van der Waals surface area (Å²) >= 11 is 0. The lowest BCUT2D eigenvalue weighted by atomic mass is 10.1. The molecule has 3 aromatic rings. The van der Waals surface area contributed by atoms with Crippen LogP contribution in [0.1, 0.15) is 25.8 Å². The van der Waals surface area contributed by atoms with E-state index in [4.69, 9.17) is 18.9 Å². The molecule has 0 saturated carbocycles. The van der Waals surface area contributed by atoms with Gasteiger partial charge in [0.25, 0.3) is 17.7 Å². The highest BCUT2D eigenvalue weighted by Gasteiger charge is 2.37. The van der Waals surface area contributed by atoms with E-state index in [1.54, 1.807) is 60.7 Å². The third-order valence-corrected chi connectivity index (χ3v) is 5.99. The Morgan fingerprint density at radius 1 is 0.905 bits per heavy atom. The highest BCUT2D eigenvalue weighted by atomic mass is 16.5. The van der Waals surface area contributed by atoms with Gasteiger partial charge in [0, 0.05) is 6.07 Å². The Kier molecular flexibility index (Phi) is 9.77. The SMILES string of the molecule is CCCOc1ccc(N2C(=O)NC(=O)/C(=C\c3ccc(OCC(=O)Nc4ccccc4OC)cc3)C2=O)cc1OCC. The van der Waals surface area contributed by atoms with Crippen molar-refractivity contribution < 1.29 is 38.1 Å². The number of methoxy groups -OCH3 is 1. The largest absolute Gasteiger partial charge is 0.495 e. The summed E-state index contributed by atoms with van der Waals surface area (Å²) in [5.41, 5.74) is 1.02. The van der Waals surface area contributed by atoms with E-state index in [2.05, 4.69) is 10.6 Å². The van der Waals surface area contributed by atoms with Crippen molar-refractivity contribution in [1.82, 2.24) is 5.32 Å². The smallest absolute Gasteiger partial charge is 0.335 e. The molecule has 1 heterocycles. The number of amides is 5. The van der Waals surface area contributed by atoms with Gasteiger partial charge >= 0.3 is 6.03 Å². The molecule has 0 atom stereocenters. The van der Waals surface area contributed by atoms with Crippen molar-refractivity contribution in [3.8, 4) is 23.0 Å². The lowest BCUT2D eigenvalue weighted by Crippen LogP contribution is -2.54. The quantitative estimate of drug-likeness (QED) is 0.238. The number of nitrogens with zero attached hydrogens (tertiary/aromatic N) is 1. The predicted molar refractivity (Wildman–Crippen MR) is 156 cm³/mol. The zero-order chi connectivity index (χ0) is 30.1. The first-order chi connectivity index (χ1) is 20.3. The number of para-hydroxylation sites is 2. The Balaban J connectivity index is 1.46. The molecule has 1 saturated heterocycles. The molecule has 3 aromatic carbocycles. The number of ether oxygens (including phenoxy) is 4. The third kappa shape index (κ3) is 7.05. The Morgan fingerprint density at radius 2 is 1.67 bits per heavy atom. The van der Waals surface area contributed by atoms with E-state index in [1.807, 2.05) is 13.8 Å². The second-order valence-electron chi connectivity index (χ2n) is 8.98. The number of anilines is 2. The summed E-state index contributed by atoms with van der Waals surface area (Å²) in [5.74, 6) is -0.200. The molecule has 5 amide bonds. The first-order valence-electron chi connectivity index (χ1n) is 13.3. The van der Waals surface area contributed by atoms with Gasteiger partial charge in [0.2, 0.25) is 0 Å². The van der Waals surface area contributed by atoms with Crippen LogP contribution < -0.4 is 34.5 Å². The molecule has 11 nitrogen and oxygen atoms in total. The molecule has 1 aliphatic rings. The van der Waals surface area contributed by atoms with E-state index in [9.17, 15) is 19.2 Å². The van der Waals surface area contributed by atoms with Gasteiger partial charge in [-0.1, -0.05) is 31.2 Å². The van der Waals surface area contributed by atoms with Crippen molar-refractivity contribution in [1.29, 1.82) is 0 Å². The Bertz CT molecular complexity index is 1500. The number of imide groups is 2. The maximum absolute atomic E-state index is 13.3. The number of hydrogen-bond donors (Lipinski definition) is 2. The Labute approximate surface area is 243 Å². The fraction of sp³-hybridized carbons (Fsp3) is 0.226. The number of hydrogen-bond acceptors (Lipinski definition) is 8. The van der Waals surface area contributed by atoms with E-state index < -0.39 is 17.8 Å². The number of barbiturate groups is 1. The first-order valence-corrected chi connectivity index (χ1v) is 13.3. The van der Waals surface area contributed by atoms with Gasteiger partial charge in [0.05, 0.1) is 31.7 Å². The minimum Gasteiger partial charge on any atom is -0.495 e. The van der Waals surface area contributed by atoms with Gasteiger partial charge < -0.3 is 24.3 Å². The second-order valence-corrected chi connectivity index (χ2v) is 8.98. The van der Waals surface area contributed by atoms with Gasteiger partial charge in [0.15, 0.2) is 18.1 Å². The normalized spacial score (nSPS) is 13.9. The van der Waals surface area contributed by atoms with Gasteiger partial charge in [0.1, 0.15) is 17.1 Å². The summed E-state index contributed by atoms with van der Waals surface area (Å²) in [6.07, 6.45) is 2.17. The summed E-state index contributed by atoms with van der Waals surface area (Å²) in [4.78, 5) is 51.8. The van der Waals surface area contributed by atoms with Crippen LogP contribution in [0.15, 0.2) is 72.3 Å². The number of rotatable bonds is 12. The highest BCUT2D eigenvalue weighted by molar-refractivity contribution is 6.39. The van der Waals surface area contributed by atoms with Crippen LogP contribution in [0.4, 0.5) is 16.2 Å². The van der Waals surface area contributed by atoms with Crippen molar-refractivity contribution in [3.05, 3.63) is 77.9 Å². The number of nitrogens with one attached hydrogen (secondary N) is 2. The summed E-state index contributed by atoms with van der Waals surface area (Å²) < 4.78 is 22.1. The predicted octanol–water partition coefficient (Wildman–Crippen LogP) is 4.57. The van der Waals surface area contributed by atoms with Crippen LogP contribution in [0.5, 0.6) is 23.0 Å².